The molecule has 2 aliphatic rings. The largest absolute Gasteiger partial charge is 0.304 e. The molecule has 0 saturated heterocycles. The van der Waals surface area contributed by atoms with E-state index in [1.807, 2.05) is 0 Å². The smallest absolute Gasteiger partial charge is 0.0738 e. The van der Waals surface area contributed by atoms with Crippen molar-refractivity contribution >= 4 is 0 Å². The number of allylic oxidation sites excluding steroid dienone is 2. The molecule has 0 heterocycles. The summed E-state index contributed by atoms with van der Waals surface area (Å²) in [6.45, 7) is 0.769. The van der Waals surface area contributed by atoms with Gasteiger partial charge in [0.1, 0.15) is 0 Å². The van der Waals surface area contributed by atoms with Crippen LogP contribution in [0.2, 0.25) is 0 Å². The van der Waals surface area contributed by atoms with Gasteiger partial charge in [-0.3, -0.25) is 0 Å². The van der Waals surface area contributed by atoms with Crippen LogP contribution in [0.4, 0.5) is 0 Å². The van der Waals surface area contributed by atoms with Gasteiger partial charge in [-0.05, 0) is 43.4 Å². The second-order valence-corrected chi connectivity index (χ2v) is 4.15. The summed E-state index contributed by atoms with van der Waals surface area (Å²) in [5, 5.41) is 0. The second-order valence-electron chi connectivity index (χ2n) is 4.15. The molecule has 0 aromatic heterocycles. The highest BCUT2D eigenvalue weighted by Crippen LogP contribution is 2.55. The molecule has 0 bridgehead atoms. The first-order valence-corrected chi connectivity index (χ1v) is 4.84. The molecular formula is C10H17NO. The molecule has 2 heteroatoms. The molecule has 2 N–H and O–H groups in total. The van der Waals surface area contributed by atoms with E-state index in [4.69, 9.17) is 10.7 Å². The summed E-state index contributed by atoms with van der Waals surface area (Å²) in [5.74, 6) is 5.98. The zero-order chi connectivity index (χ0) is 8.44. The van der Waals surface area contributed by atoms with Gasteiger partial charge < -0.3 is 4.84 Å². The third-order valence-corrected chi connectivity index (χ3v) is 3.40. The van der Waals surface area contributed by atoms with Crippen LogP contribution in [0.3, 0.4) is 0 Å². The number of hydrogen-bond donors (Lipinski definition) is 1. The Morgan fingerprint density at radius 2 is 2.25 bits per heavy atom. The highest BCUT2D eigenvalue weighted by Gasteiger charge is 2.48. The maximum atomic E-state index is 5.14. The Kier molecular flexibility index (Phi) is 2.20. The molecule has 1 unspecified atom stereocenters. The summed E-state index contributed by atoms with van der Waals surface area (Å²) < 4.78 is 0. The van der Waals surface area contributed by atoms with E-state index in [0.29, 0.717) is 5.41 Å². The first-order chi connectivity index (χ1) is 5.87. The Morgan fingerprint density at radius 1 is 1.42 bits per heavy atom. The minimum absolute atomic E-state index is 0.472. The molecule has 2 aliphatic carbocycles. The monoisotopic (exact) mass is 167 g/mol. The van der Waals surface area contributed by atoms with Gasteiger partial charge in [0.05, 0.1) is 6.61 Å². The van der Waals surface area contributed by atoms with Crippen LogP contribution in [0, 0.1) is 11.3 Å². The van der Waals surface area contributed by atoms with Gasteiger partial charge in [0, 0.05) is 0 Å². The van der Waals surface area contributed by atoms with Crippen molar-refractivity contribution in [3.05, 3.63) is 12.2 Å². The minimum atomic E-state index is 0.472. The van der Waals surface area contributed by atoms with E-state index in [0.717, 1.165) is 12.5 Å². The lowest BCUT2D eigenvalue weighted by molar-refractivity contribution is 0.0619. The second kappa shape index (κ2) is 3.19. The Labute approximate surface area is 73.7 Å². The Hall–Kier alpha value is -0.340. The number of rotatable bonds is 3. The summed E-state index contributed by atoms with van der Waals surface area (Å²) in [6, 6.07) is 0. The third-order valence-electron chi connectivity index (χ3n) is 3.40. The molecule has 0 aromatic carbocycles. The summed E-state index contributed by atoms with van der Waals surface area (Å²) in [6.07, 6.45) is 11.1. The molecule has 1 saturated carbocycles. The van der Waals surface area contributed by atoms with Crippen LogP contribution in [0.15, 0.2) is 12.2 Å². The van der Waals surface area contributed by atoms with Crippen molar-refractivity contribution in [2.45, 2.75) is 32.1 Å². The summed E-state index contributed by atoms with van der Waals surface area (Å²) >= 11 is 0. The maximum Gasteiger partial charge on any atom is 0.0738 e. The Bertz CT molecular complexity index is 184. The molecule has 0 spiro atoms. The van der Waals surface area contributed by atoms with Crippen LogP contribution in [-0.4, -0.2) is 6.61 Å². The van der Waals surface area contributed by atoms with E-state index in [2.05, 4.69) is 12.2 Å². The van der Waals surface area contributed by atoms with E-state index < -0.39 is 0 Å². The van der Waals surface area contributed by atoms with Crippen molar-refractivity contribution in [1.29, 1.82) is 0 Å². The van der Waals surface area contributed by atoms with Crippen LogP contribution >= 0.6 is 0 Å². The average Bonchev–Trinajstić information content (AvgIpc) is 2.88. The number of hydrogen-bond acceptors (Lipinski definition) is 2. The first kappa shape index (κ1) is 8.27. The fourth-order valence-electron chi connectivity index (χ4n) is 2.35. The van der Waals surface area contributed by atoms with Crippen LogP contribution in [-0.2, 0) is 4.84 Å². The molecule has 2 rings (SSSR count). The molecular weight excluding hydrogens is 150 g/mol. The Morgan fingerprint density at radius 3 is 2.75 bits per heavy atom. The average molecular weight is 167 g/mol. The van der Waals surface area contributed by atoms with Gasteiger partial charge in [-0.15, -0.1) is 0 Å². The third kappa shape index (κ3) is 1.41. The fourth-order valence-corrected chi connectivity index (χ4v) is 2.35. The minimum Gasteiger partial charge on any atom is -0.304 e. The van der Waals surface area contributed by atoms with Gasteiger partial charge in [0.2, 0.25) is 0 Å². The van der Waals surface area contributed by atoms with Crippen LogP contribution in [0.1, 0.15) is 32.1 Å². The lowest BCUT2D eigenvalue weighted by Crippen LogP contribution is -2.24. The quantitative estimate of drug-likeness (QED) is 0.515. The van der Waals surface area contributed by atoms with E-state index in [-0.39, 0.29) is 0 Å². The van der Waals surface area contributed by atoms with Crippen LogP contribution in [0.25, 0.3) is 0 Å². The summed E-state index contributed by atoms with van der Waals surface area (Å²) in [4.78, 5) is 4.80. The first-order valence-electron chi connectivity index (χ1n) is 4.84. The van der Waals surface area contributed by atoms with Crippen molar-refractivity contribution < 1.29 is 4.84 Å². The molecule has 0 aliphatic heterocycles. The lowest BCUT2D eigenvalue weighted by atomic mass is 9.81. The molecule has 2 nitrogen and oxygen atoms in total. The van der Waals surface area contributed by atoms with Gasteiger partial charge >= 0.3 is 0 Å². The predicted octanol–water partition coefficient (Wildman–Crippen LogP) is 2.01. The maximum absolute atomic E-state index is 5.14. The van der Waals surface area contributed by atoms with Crippen LogP contribution in [0.5, 0.6) is 0 Å². The zero-order valence-corrected chi connectivity index (χ0v) is 7.46. The van der Waals surface area contributed by atoms with E-state index in [1.165, 1.54) is 32.1 Å². The van der Waals surface area contributed by atoms with Gasteiger partial charge in [0.25, 0.3) is 0 Å². The SMILES string of the molecule is NOCC1(C2CC=CCC2)CC1. The normalized spacial score (nSPS) is 31.9. The van der Waals surface area contributed by atoms with Crippen molar-refractivity contribution in [1.82, 2.24) is 0 Å². The highest BCUT2D eigenvalue weighted by atomic mass is 16.6. The van der Waals surface area contributed by atoms with E-state index in [1.54, 1.807) is 0 Å². The van der Waals surface area contributed by atoms with Gasteiger partial charge in [-0.2, -0.15) is 0 Å². The molecule has 0 amide bonds. The van der Waals surface area contributed by atoms with Crippen molar-refractivity contribution in [2.24, 2.45) is 17.2 Å². The number of nitrogens with two attached hydrogens (primary N) is 1. The van der Waals surface area contributed by atoms with Gasteiger partial charge in [-0.25, -0.2) is 5.90 Å². The predicted molar refractivity (Wildman–Crippen MR) is 48.3 cm³/mol. The van der Waals surface area contributed by atoms with Crippen LogP contribution < -0.4 is 5.90 Å². The standard InChI is InChI=1S/C10H17NO/c11-12-8-10(6-7-10)9-4-2-1-3-5-9/h1-2,9H,3-8,11H2. The molecule has 0 radical (unpaired) electrons. The summed E-state index contributed by atoms with van der Waals surface area (Å²) in [5.41, 5.74) is 0.472. The Balaban J connectivity index is 1.94. The lowest BCUT2D eigenvalue weighted by Gasteiger charge is -2.26. The summed E-state index contributed by atoms with van der Waals surface area (Å²) in [7, 11) is 0. The van der Waals surface area contributed by atoms with E-state index >= 15 is 0 Å². The van der Waals surface area contributed by atoms with Crippen molar-refractivity contribution in [3.63, 3.8) is 0 Å². The molecule has 12 heavy (non-hydrogen) atoms. The topological polar surface area (TPSA) is 35.2 Å². The van der Waals surface area contributed by atoms with Crippen molar-refractivity contribution in [3.8, 4) is 0 Å². The molecule has 1 fully saturated rings. The van der Waals surface area contributed by atoms with Gasteiger partial charge in [0.15, 0.2) is 0 Å². The fraction of sp³-hybridized carbons (Fsp3) is 0.800. The molecule has 0 aromatic rings. The van der Waals surface area contributed by atoms with Crippen molar-refractivity contribution in [2.75, 3.05) is 6.61 Å². The van der Waals surface area contributed by atoms with E-state index in [9.17, 15) is 0 Å². The van der Waals surface area contributed by atoms with Gasteiger partial charge in [-0.1, -0.05) is 12.2 Å². The molecule has 68 valence electrons. The molecule has 1 atom stereocenters. The zero-order valence-electron chi connectivity index (χ0n) is 7.46. The highest BCUT2D eigenvalue weighted by molar-refractivity contribution is 5.04.